The Hall–Kier alpha value is -4.21. The Morgan fingerprint density at radius 1 is 1.05 bits per heavy atom. The van der Waals surface area contributed by atoms with Gasteiger partial charge in [-0.05, 0) is 46.2 Å². The second kappa shape index (κ2) is 11.4. The van der Waals surface area contributed by atoms with Crippen molar-refractivity contribution < 1.29 is 43.8 Å². The minimum absolute atomic E-state index is 0.0350. The molecule has 3 amide bonds. The lowest BCUT2D eigenvalue weighted by Crippen LogP contribution is -2.79. The molecule has 0 radical (unpaired) electrons. The van der Waals surface area contributed by atoms with Gasteiger partial charge in [-0.15, -0.1) is 0 Å². The maximum atomic E-state index is 14.3. The summed E-state index contributed by atoms with van der Waals surface area (Å²) in [5, 5.41) is 28.6. The van der Waals surface area contributed by atoms with Gasteiger partial charge in [-0.2, -0.15) is 0 Å². The van der Waals surface area contributed by atoms with Crippen LogP contribution in [0.15, 0.2) is 6.07 Å². The van der Waals surface area contributed by atoms with Crippen molar-refractivity contribution in [1.82, 2.24) is 15.1 Å². The smallest absolute Gasteiger partial charge is 0.238 e. The first-order valence-electron chi connectivity index (χ1n) is 14.0. The van der Waals surface area contributed by atoms with Gasteiger partial charge < -0.3 is 36.4 Å². The molecule has 6 N–H and O–H groups in total. The first-order valence-corrected chi connectivity index (χ1v) is 14.0. The van der Waals surface area contributed by atoms with E-state index < -0.39 is 88.0 Å². The van der Waals surface area contributed by atoms with Gasteiger partial charge >= 0.3 is 0 Å². The van der Waals surface area contributed by atoms with Crippen molar-refractivity contribution in [1.29, 1.82) is 0 Å². The van der Waals surface area contributed by atoms with Crippen LogP contribution in [0, 0.1) is 23.7 Å². The number of amides is 3. The molecular weight excluding hydrogens is 576 g/mol. The van der Waals surface area contributed by atoms with Gasteiger partial charge in [-0.25, -0.2) is 0 Å². The first-order chi connectivity index (χ1) is 20.4. The monoisotopic (exact) mass is 614 g/mol. The molecule has 0 aliphatic heterocycles. The molecule has 7 atom stereocenters. The summed E-state index contributed by atoms with van der Waals surface area (Å²) in [6.07, 6.45) is -0.0935. The third kappa shape index (κ3) is 4.94. The Morgan fingerprint density at radius 2 is 1.66 bits per heavy atom. The summed E-state index contributed by atoms with van der Waals surface area (Å²) in [5.41, 5.74) is 2.69. The van der Waals surface area contributed by atoms with Gasteiger partial charge in [-0.1, -0.05) is 0 Å². The van der Waals surface area contributed by atoms with Crippen LogP contribution in [0.3, 0.4) is 0 Å². The highest BCUT2D eigenvalue weighted by Gasteiger charge is 2.72. The number of aliphatic hydroxyl groups is 1. The Balaban J connectivity index is 1.98. The highest BCUT2D eigenvalue weighted by Crippen LogP contribution is 2.53. The largest absolute Gasteiger partial charge is 0.505 e. The van der Waals surface area contributed by atoms with Gasteiger partial charge in [0.05, 0.1) is 29.8 Å². The maximum Gasteiger partial charge on any atom is 0.238 e. The van der Waals surface area contributed by atoms with Crippen LogP contribution >= 0.6 is 0 Å². The van der Waals surface area contributed by atoms with Crippen LogP contribution in [0.4, 0.5) is 11.4 Å². The number of carbonyl (C=O) groups is 7. The van der Waals surface area contributed by atoms with Crippen LogP contribution < -0.4 is 21.3 Å². The van der Waals surface area contributed by atoms with Gasteiger partial charge in [-0.3, -0.25) is 38.5 Å². The molecule has 238 valence electrons. The number of carbonyl (C=O) groups excluding carboxylic acids is 7. The molecule has 0 heterocycles. The number of nitrogens with two attached hydrogens (primary N) is 1. The van der Waals surface area contributed by atoms with Crippen molar-refractivity contribution in [2.45, 2.75) is 31.0 Å². The minimum atomic E-state index is -3.05. The molecule has 4 rings (SSSR count). The molecular formula is C29H38N6O9. The molecule has 2 fully saturated rings. The van der Waals surface area contributed by atoms with E-state index in [4.69, 9.17) is 5.73 Å². The fourth-order valence-corrected chi connectivity index (χ4v) is 7.10. The number of rotatable bonds is 7. The maximum absolute atomic E-state index is 14.3. The Morgan fingerprint density at radius 3 is 2.16 bits per heavy atom. The van der Waals surface area contributed by atoms with E-state index in [1.54, 1.807) is 38.0 Å². The van der Waals surface area contributed by atoms with E-state index in [9.17, 15) is 43.8 Å². The molecule has 0 bridgehead atoms. The van der Waals surface area contributed by atoms with Crippen LogP contribution in [-0.4, -0.2) is 127 Å². The Bertz CT molecular complexity index is 1490. The van der Waals surface area contributed by atoms with E-state index in [2.05, 4.69) is 10.6 Å². The molecule has 0 aromatic heterocycles. The number of nitrogens with one attached hydrogen (secondary N) is 2. The van der Waals surface area contributed by atoms with Crippen molar-refractivity contribution in [2.24, 2.45) is 29.4 Å². The molecule has 44 heavy (non-hydrogen) atoms. The zero-order valence-electron chi connectivity index (χ0n) is 25.6. The average molecular weight is 615 g/mol. The summed E-state index contributed by atoms with van der Waals surface area (Å²) in [4.78, 5) is 97.8. The fourth-order valence-electron chi connectivity index (χ4n) is 7.10. The van der Waals surface area contributed by atoms with Crippen molar-refractivity contribution in [3.05, 3.63) is 17.2 Å². The van der Waals surface area contributed by atoms with Crippen molar-refractivity contribution in [3.8, 4) is 5.75 Å². The third-order valence-electron chi connectivity index (χ3n) is 8.75. The highest BCUT2D eigenvalue weighted by molar-refractivity contribution is 6.32. The molecule has 0 spiro atoms. The predicted molar refractivity (Wildman–Crippen MR) is 156 cm³/mol. The summed E-state index contributed by atoms with van der Waals surface area (Å²) < 4.78 is 0. The van der Waals surface area contributed by atoms with Gasteiger partial charge in [0.15, 0.2) is 34.7 Å². The lowest BCUT2D eigenvalue weighted by molar-refractivity contribution is -0.185. The van der Waals surface area contributed by atoms with Crippen LogP contribution in [0.2, 0.25) is 0 Å². The van der Waals surface area contributed by atoms with E-state index >= 15 is 0 Å². The van der Waals surface area contributed by atoms with E-state index in [1.807, 2.05) is 0 Å². The number of benzene rings is 1. The van der Waals surface area contributed by atoms with E-state index in [1.165, 1.54) is 32.0 Å². The average Bonchev–Trinajstić information content (AvgIpc) is 2.88. The number of hydrogen-bond acceptors (Lipinski definition) is 12. The number of nitrogens with zero attached hydrogens (tertiary/aromatic N) is 3. The van der Waals surface area contributed by atoms with Crippen LogP contribution in [0.25, 0.3) is 0 Å². The molecule has 3 aliphatic rings. The number of likely N-dealkylation sites (N-methyl/N-ethyl adjacent to an activating group) is 2. The molecule has 15 heteroatoms. The SMILES string of the molecule is CC(=O)N[C@@H]1[C@H]2[C@H](N(C)C)C(=O)C(C(N)=O)C(=O)[C@@]2(O)C(=O)C2C(=O)c3c(O)c(NC(=O)CN(C)C)cc(N(C)C)c3C[C@H]21. The summed E-state index contributed by atoms with van der Waals surface area (Å²) in [5.74, 6) is -14.2. The van der Waals surface area contributed by atoms with Gasteiger partial charge in [0.1, 0.15) is 5.75 Å². The molecule has 0 saturated heterocycles. The summed E-state index contributed by atoms with van der Waals surface area (Å²) in [7, 11) is 9.60. The zero-order chi connectivity index (χ0) is 33.2. The number of phenolic OH excluding ortho intramolecular Hbond substituents is 1. The fraction of sp³-hybridized carbons (Fsp3) is 0.552. The Labute approximate surface area is 253 Å². The Kier molecular flexibility index (Phi) is 8.45. The second-order valence-corrected chi connectivity index (χ2v) is 12.4. The second-order valence-electron chi connectivity index (χ2n) is 12.4. The molecule has 3 aliphatic carbocycles. The van der Waals surface area contributed by atoms with Crippen LogP contribution in [-0.2, 0) is 35.2 Å². The molecule has 2 saturated carbocycles. The summed E-state index contributed by atoms with van der Waals surface area (Å²) in [6.45, 7) is 1.14. The number of phenols is 1. The predicted octanol–water partition coefficient (Wildman–Crippen LogP) is -2.45. The first kappa shape index (κ1) is 32.7. The number of primary amides is 1. The van der Waals surface area contributed by atoms with Crippen molar-refractivity contribution >= 4 is 52.2 Å². The number of hydrogen-bond donors (Lipinski definition) is 5. The lowest BCUT2D eigenvalue weighted by Gasteiger charge is -2.56. The van der Waals surface area contributed by atoms with E-state index in [0.717, 1.165) is 0 Å². The van der Waals surface area contributed by atoms with E-state index in [-0.39, 0.29) is 24.2 Å². The quantitative estimate of drug-likeness (QED) is 0.160. The zero-order valence-corrected chi connectivity index (χ0v) is 25.6. The summed E-state index contributed by atoms with van der Waals surface area (Å²) >= 11 is 0. The number of fused-ring (bicyclic) bond motifs is 3. The number of anilines is 2. The van der Waals surface area contributed by atoms with Gasteiger partial charge in [0.25, 0.3) is 0 Å². The molecule has 2 unspecified atom stereocenters. The number of Topliss-reactive ketones (excluding diaryl/α,β-unsaturated/α-hetero) is 4. The number of ketones is 4. The molecule has 1 aromatic carbocycles. The normalized spacial score (nSPS) is 29.6. The molecule has 15 nitrogen and oxygen atoms in total. The van der Waals surface area contributed by atoms with Gasteiger partial charge in [0, 0.05) is 44.6 Å². The summed E-state index contributed by atoms with van der Waals surface area (Å²) in [6, 6.07) is -1.20. The minimum Gasteiger partial charge on any atom is -0.505 e. The highest BCUT2D eigenvalue weighted by atomic mass is 16.3. The molecule has 1 aromatic rings. The van der Waals surface area contributed by atoms with Crippen molar-refractivity contribution in [3.63, 3.8) is 0 Å². The topological polar surface area (TPSA) is 220 Å². The van der Waals surface area contributed by atoms with Crippen LogP contribution in [0.1, 0.15) is 22.8 Å². The van der Waals surface area contributed by atoms with Crippen LogP contribution in [0.5, 0.6) is 5.75 Å². The number of aromatic hydroxyl groups is 1. The van der Waals surface area contributed by atoms with Gasteiger partial charge in [0.2, 0.25) is 17.7 Å². The third-order valence-corrected chi connectivity index (χ3v) is 8.75. The standard InChI is InChI=1S/C29H38N6O9/c1-11(36)31-21-13-8-12-15(34(4)5)9-14(32-16(37)10-33(2)3)23(38)17(12)24(39)18(13)26(41)29(44)20(21)22(35(6)7)25(40)19(27(29)42)28(30)43/h9,13,18-22,38,44H,8,10H2,1-7H3,(H2,30,43)(H,31,36)(H,32,37)/t13-,18?,19?,20+,21+,22+,29+/m1/s1. The van der Waals surface area contributed by atoms with E-state index in [0.29, 0.717) is 11.3 Å². The van der Waals surface area contributed by atoms with Crippen molar-refractivity contribution in [2.75, 3.05) is 59.0 Å². The lowest BCUT2D eigenvalue weighted by atomic mass is 9.50.